The van der Waals surface area contributed by atoms with E-state index in [9.17, 15) is 18.0 Å². The maximum atomic E-state index is 12.8. The van der Waals surface area contributed by atoms with Crippen molar-refractivity contribution < 1.29 is 8.42 Å². The molecule has 1 aromatic heterocycles. The Bertz CT molecular complexity index is 817. The number of halogens is 1. The topological polar surface area (TPSA) is 116 Å². The quantitative estimate of drug-likeness (QED) is 0.743. The van der Waals surface area contributed by atoms with E-state index in [4.69, 9.17) is 5.73 Å². The van der Waals surface area contributed by atoms with E-state index in [1.165, 1.54) is 14.1 Å². The molecule has 0 aromatic carbocycles. The molecule has 2 unspecified atom stereocenters. The van der Waals surface area contributed by atoms with Crippen molar-refractivity contribution in [1.82, 2.24) is 13.9 Å². The van der Waals surface area contributed by atoms with Gasteiger partial charge in [-0.25, -0.2) is 17.9 Å². The normalized spacial score (nSPS) is 24.4. The first-order valence-electron chi connectivity index (χ1n) is 7.65. The van der Waals surface area contributed by atoms with Crippen LogP contribution in [0.2, 0.25) is 0 Å². The van der Waals surface area contributed by atoms with Gasteiger partial charge in [-0.05, 0) is 18.8 Å². The van der Waals surface area contributed by atoms with Crippen molar-refractivity contribution in [2.24, 2.45) is 25.7 Å². The average molecular weight is 381 g/mol. The Kier molecular flexibility index (Phi) is 6.43. The number of rotatable bonds is 4. The van der Waals surface area contributed by atoms with Crippen LogP contribution in [0.15, 0.2) is 20.7 Å². The molecule has 0 spiro atoms. The van der Waals surface area contributed by atoms with Gasteiger partial charge in [-0.1, -0.05) is 19.8 Å². The number of sulfonamides is 1. The summed E-state index contributed by atoms with van der Waals surface area (Å²) in [6, 6.07) is 0. The summed E-state index contributed by atoms with van der Waals surface area (Å²) in [6.07, 6.45) is 4.49. The van der Waals surface area contributed by atoms with Crippen molar-refractivity contribution in [2.75, 3.05) is 6.54 Å². The van der Waals surface area contributed by atoms with Crippen LogP contribution >= 0.6 is 12.4 Å². The number of nitrogens with two attached hydrogens (primary N) is 1. The van der Waals surface area contributed by atoms with Crippen molar-refractivity contribution in [1.29, 1.82) is 0 Å². The molecular formula is C14H25ClN4O4S. The zero-order valence-corrected chi connectivity index (χ0v) is 15.7. The van der Waals surface area contributed by atoms with Crippen LogP contribution in [0.1, 0.15) is 32.6 Å². The maximum absolute atomic E-state index is 12.8. The molecule has 0 saturated heterocycles. The second-order valence-electron chi connectivity index (χ2n) is 6.36. The van der Waals surface area contributed by atoms with Crippen molar-refractivity contribution >= 4 is 22.4 Å². The molecule has 2 rings (SSSR count). The smallest absolute Gasteiger partial charge is 0.329 e. The highest BCUT2D eigenvalue weighted by Gasteiger charge is 2.41. The minimum Gasteiger partial charge on any atom is -0.329 e. The molecule has 24 heavy (non-hydrogen) atoms. The lowest BCUT2D eigenvalue weighted by Crippen LogP contribution is -2.59. The number of hydrogen-bond acceptors (Lipinski definition) is 5. The van der Waals surface area contributed by atoms with Crippen molar-refractivity contribution in [3.8, 4) is 0 Å². The fourth-order valence-corrected chi connectivity index (χ4v) is 4.89. The molecule has 1 heterocycles. The number of nitrogens with one attached hydrogen (secondary N) is 1. The zero-order valence-electron chi connectivity index (χ0n) is 14.1. The first-order chi connectivity index (χ1) is 10.6. The van der Waals surface area contributed by atoms with E-state index < -0.39 is 31.7 Å². The predicted octanol–water partition coefficient (Wildman–Crippen LogP) is -0.308. The second kappa shape index (κ2) is 7.38. The third-order valence-corrected chi connectivity index (χ3v) is 6.39. The Balaban J connectivity index is 0.00000288. The molecule has 10 heteroatoms. The predicted molar refractivity (Wildman–Crippen MR) is 93.9 cm³/mol. The number of aryl methyl sites for hydroxylation is 1. The molecule has 0 radical (unpaired) electrons. The Morgan fingerprint density at radius 1 is 1.33 bits per heavy atom. The van der Waals surface area contributed by atoms with E-state index in [0.29, 0.717) is 6.42 Å². The summed E-state index contributed by atoms with van der Waals surface area (Å²) in [5.41, 5.74) is 3.70. The fraction of sp³-hybridized carbons (Fsp3) is 0.714. The van der Waals surface area contributed by atoms with E-state index in [-0.39, 0.29) is 24.9 Å². The first kappa shape index (κ1) is 20.9. The van der Waals surface area contributed by atoms with Gasteiger partial charge in [0.15, 0.2) is 4.90 Å². The SMILES string of the molecule is CC1CCCCC1(CN)NS(=O)(=O)c1cn(C)c(=O)n(C)c1=O.Cl. The van der Waals surface area contributed by atoms with Crippen LogP contribution in [0.25, 0.3) is 0 Å². The highest BCUT2D eigenvalue weighted by atomic mass is 35.5. The van der Waals surface area contributed by atoms with E-state index in [1.54, 1.807) is 0 Å². The summed E-state index contributed by atoms with van der Waals surface area (Å²) in [7, 11) is -1.42. The lowest BCUT2D eigenvalue weighted by molar-refractivity contribution is 0.191. The van der Waals surface area contributed by atoms with Gasteiger partial charge in [0.05, 0.1) is 0 Å². The van der Waals surface area contributed by atoms with Crippen molar-refractivity contribution in [3.63, 3.8) is 0 Å². The Hall–Kier alpha value is -1.16. The molecule has 0 bridgehead atoms. The van der Waals surface area contributed by atoms with Crippen LogP contribution in [0.4, 0.5) is 0 Å². The Labute approximate surface area is 147 Å². The minimum absolute atomic E-state index is 0. The van der Waals surface area contributed by atoms with Crippen molar-refractivity contribution in [3.05, 3.63) is 27.0 Å². The summed E-state index contributed by atoms with van der Waals surface area (Å²) >= 11 is 0. The second-order valence-corrected chi connectivity index (χ2v) is 8.01. The third-order valence-electron chi connectivity index (χ3n) is 4.86. The fourth-order valence-electron chi connectivity index (χ4n) is 3.19. The molecule has 8 nitrogen and oxygen atoms in total. The van der Waals surface area contributed by atoms with E-state index in [0.717, 1.165) is 34.6 Å². The first-order valence-corrected chi connectivity index (χ1v) is 9.13. The van der Waals surface area contributed by atoms with Gasteiger partial charge in [-0.3, -0.25) is 9.36 Å². The van der Waals surface area contributed by atoms with Crippen LogP contribution in [0.5, 0.6) is 0 Å². The van der Waals surface area contributed by atoms with Gasteiger partial charge in [0.1, 0.15) is 0 Å². The molecule has 0 amide bonds. The Morgan fingerprint density at radius 2 is 1.96 bits per heavy atom. The molecular weight excluding hydrogens is 356 g/mol. The molecule has 138 valence electrons. The number of nitrogens with zero attached hydrogens (tertiary/aromatic N) is 2. The van der Waals surface area contributed by atoms with Crippen LogP contribution < -0.4 is 21.7 Å². The molecule has 3 N–H and O–H groups in total. The molecule has 1 saturated carbocycles. The van der Waals surface area contributed by atoms with Gasteiger partial charge in [0, 0.05) is 32.4 Å². The van der Waals surface area contributed by atoms with Crippen LogP contribution in [0.3, 0.4) is 0 Å². The molecule has 1 aromatic rings. The summed E-state index contributed by atoms with van der Waals surface area (Å²) < 4.78 is 30.0. The average Bonchev–Trinajstić information content (AvgIpc) is 2.50. The standard InChI is InChI=1S/C14H24N4O4S.ClH/c1-10-6-4-5-7-14(10,9-15)16-23(21,22)11-8-17(2)13(20)18(3)12(11)19;/h8,10,16H,4-7,9,15H2,1-3H3;1H. The lowest BCUT2D eigenvalue weighted by Gasteiger charge is -2.42. The van der Waals surface area contributed by atoms with Crippen LogP contribution in [-0.4, -0.2) is 29.6 Å². The van der Waals surface area contributed by atoms with E-state index in [1.807, 2.05) is 6.92 Å². The third kappa shape index (κ3) is 3.58. The van der Waals surface area contributed by atoms with Gasteiger partial charge >= 0.3 is 5.69 Å². The molecule has 1 aliphatic carbocycles. The minimum atomic E-state index is -4.08. The maximum Gasteiger partial charge on any atom is 0.330 e. The number of aromatic nitrogens is 2. The molecule has 2 atom stereocenters. The summed E-state index contributed by atoms with van der Waals surface area (Å²) in [6.45, 7) is 2.13. The highest BCUT2D eigenvalue weighted by molar-refractivity contribution is 7.89. The van der Waals surface area contributed by atoms with Crippen LogP contribution in [0, 0.1) is 5.92 Å². The van der Waals surface area contributed by atoms with Gasteiger partial charge in [-0.2, -0.15) is 0 Å². The number of hydrogen-bond donors (Lipinski definition) is 2. The van der Waals surface area contributed by atoms with E-state index >= 15 is 0 Å². The zero-order chi connectivity index (χ0) is 17.4. The largest absolute Gasteiger partial charge is 0.330 e. The summed E-state index contributed by atoms with van der Waals surface area (Å²) in [5.74, 6) is 0.0763. The van der Waals surface area contributed by atoms with Crippen molar-refractivity contribution in [2.45, 2.75) is 43.0 Å². The highest BCUT2D eigenvalue weighted by Crippen LogP contribution is 2.33. The van der Waals surface area contributed by atoms with E-state index in [2.05, 4.69) is 4.72 Å². The van der Waals surface area contributed by atoms with Gasteiger partial charge in [0.25, 0.3) is 5.56 Å². The van der Waals surface area contributed by atoms with Crippen LogP contribution in [-0.2, 0) is 24.1 Å². The lowest BCUT2D eigenvalue weighted by atomic mass is 9.74. The van der Waals surface area contributed by atoms with Gasteiger partial charge in [0.2, 0.25) is 10.0 Å². The summed E-state index contributed by atoms with van der Waals surface area (Å²) in [4.78, 5) is 23.5. The Morgan fingerprint density at radius 3 is 2.50 bits per heavy atom. The monoisotopic (exact) mass is 380 g/mol. The summed E-state index contributed by atoms with van der Waals surface area (Å²) in [5, 5.41) is 0. The van der Waals surface area contributed by atoms with Gasteiger partial charge in [-0.15, -0.1) is 12.4 Å². The molecule has 1 aliphatic rings. The van der Waals surface area contributed by atoms with Gasteiger partial charge < -0.3 is 10.3 Å². The molecule has 1 fully saturated rings. The molecule has 0 aliphatic heterocycles.